The zero-order valence-electron chi connectivity index (χ0n) is 10.7. The zero-order valence-corrected chi connectivity index (χ0v) is 10.7. The molecule has 0 spiro atoms. The van der Waals surface area contributed by atoms with E-state index < -0.39 is 5.97 Å². The normalized spacial score (nSPS) is 16.1. The molecule has 0 aliphatic heterocycles. The van der Waals surface area contributed by atoms with Crippen LogP contribution in [-0.2, 0) is 11.3 Å². The maximum Gasteiger partial charge on any atom is 0.317 e. The molecule has 0 aromatic heterocycles. The quantitative estimate of drug-likeness (QED) is 0.758. The van der Waals surface area contributed by atoms with E-state index in [2.05, 4.69) is 0 Å². The second kappa shape index (κ2) is 5.93. The zero-order chi connectivity index (χ0) is 13.8. The molecule has 1 aromatic carbocycles. The van der Waals surface area contributed by atoms with Crippen LogP contribution >= 0.6 is 0 Å². The average Bonchev–Trinajstić information content (AvgIpc) is 2.84. The van der Waals surface area contributed by atoms with Gasteiger partial charge in [-0.05, 0) is 18.9 Å². The van der Waals surface area contributed by atoms with Gasteiger partial charge in [0.1, 0.15) is 11.5 Å². The van der Waals surface area contributed by atoms with Crippen LogP contribution in [0.1, 0.15) is 31.2 Å². The van der Waals surface area contributed by atoms with E-state index in [1.165, 1.54) is 12.1 Å². The number of nitrogens with zero attached hydrogens (tertiary/aromatic N) is 1. The lowest BCUT2D eigenvalue weighted by Crippen LogP contribution is -2.37. The number of hydrogen-bond acceptors (Lipinski definition) is 4. The SMILES string of the molecule is O=C(O)CN(Cc1ccc(O)cc1O)C1CCCC1. The van der Waals surface area contributed by atoms with E-state index in [9.17, 15) is 15.0 Å². The van der Waals surface area contributed by atoms with E-state index in [0.29, 0.717) is 12.1 Å². The second-order valence-corrected chi connectivity index (χ2v) is 5.05. The lowest BCUT2D eigenvalue weighted by Gasteiger charge is -2.27. The summed E-state index contributed by atoms with van der Waals surface area (Å²) in [6.45, 7) is 0.369. The Labute approximate surface area is 112 Å². The molecule has 0 atom stereocenters. The van der Waals surface area contributed by atoms with Crippen molar-refractivity contribution in [3.8, 4) is 11.5 Å². The number of aromatic hydroxyl groups is 2. The number of carboxylic acid groups (broad SMARTS) is 1. The van der Waals surface area contributed by atoms with Gasteiger partial charge in [-0.2, -0.15) is 0 Å². The van der Waals surface area contributed by atoms with Crippen LogP contribution in [0.3, 0.4) is 0 Å². The van der Waals surface area contributed by atoms with Gasteiger partial charge in [0.25, 0.3) is 0 Å². The smallest absolute Gasteiger partial charge is 0.317 e. The molecule has 0 bridgehead atoms. The largest absolute Gasteiger partial charge is 0.508 e. The highest BCUT2D eigenvalue weighted by Crippen LogP contribution is 2.28. The molecule has 5 nitrogen and oxygen atoms in total. The molecule has 1 saturated carbocycles. The number of carbonyl (C=O) groups is 1. The number of phenolic OH excluding ortho intramolecular Hbond substituents is 2. The maximum atomic E-state index is 11.0. The summed E-state index contributed by atoms with van der Waals surface area (Å²) in [5.74, 6) is -0.842. The number of benzene rings is 1. The van der Waals surface area contributed by atoms with Crippen LogP contribution < -0.4 is 0 Å². The van der Waals surface area contributed by atoms with Gasteiger partial charge in [0.15, 0.2) is 0 Å². The van der Waals surface area contributed by atoms with Crippen LogP contribution in [0.2, 0.25) is 0 Å². The molecule has 19 heavy (non-hydrogen) atoms. The van der Waals surface area contributed by atoms with Crippen molar-refractivity contribution in [2.45, 2.75) is 38.3 Å². The summed E-state index contributed by atoms with van der Waals surface area (Å²) >= 11 is 0. The topological polar surface area (TPSA) is 81.0 Å². The van der Waals surface area contributed by atoms with Gasteiger partial charge in [0.2, 0.25) is 0 Å². The van der Waals surface area contributed by atoms with Gasteiger partial charge >= 0.3 is 5.97 Å². The van der Waals surface area contributed by atoms with Crippen molar-refractivity contribution >= 4 is 5.97 Å². The highest BCUT2D eigenvalue weighted by molar-refractivity contribution is 5.69. The first-order chi connectivity index (χ1) is 9.06. The van der Waals surface area contributed by atoms with Gasteiger partial charge < -0.3 is 15.3 Å². The minimum Gasteiger partial charge on any atom is -0.508 e. The van der Waals surface area contributed by atoms with Crippen molar-refractivity contribution in [2.75, 3.05) is 6.54 Å². The van der Waals surface area contributed by atoms with Gasteiger partial charge in [-0.25, -0.2) is 0 Å². The predicted molar refractivity (Wildman–Crippen MR) is 70.1 cm³/mol. The standard InChI is InChI=1S/C14H19NO4/c16-12-6-5-10(13(17)7-12)8-15(9-14(18)19)11-3-1-2-4-11/h5-7,11,16-17H,1-4,8-9H2,(H,18,19). The first kappa shape index (κ1) is 13.7. The molecule has 2 rings (SSSR count). The number of phenols is 2. The van der Waals surface area contributed by atoms with Crippen molar-refractivity contribution < 1.29 is 20.1 Å². The predicted octanol–water partition coefficient (Wildman–Crippen LogP) is 1.93. The molecule has 1 aromatic rings. The number of carboxylic acids is 1. The fraction of sp³-hybridized carbons (Fsp3) is 0.500. The van der Waals surface area contributed by atoms with Gasteiger partial charge in [-0.1, -0.05) is 18.9 Å². The van der Waals surface area contributed by atoms with E-state index in [-0.39, 0.29) is 24.1 Å². The van der Waals surface area contributed by atoms with E-state index in [1.807, 2.05) is 4.90 Å². The van der Waals surface area contributed by atoms with Gasteiger partial charge in [-0.3, -0.25) is 9.69 Å². The third-order valence-electron chi connectivity index (χ3n) is 3.62. The first-order valence-electron chi connectivity index (χ1n) is 6.53. The Kier molecular flexibility index (Phi) is 4.27. The molecule has 3 N–H and O–H groups in total. The number of rotatable bonds is 5. The molecular formula is C14H19NO4. The van der Waals surface area contributed by atoms with Gasteiger partial charge in [-0.15, -0.1) is 0 Å². The molecule has 0 saturated heterocycles. The van der Waals surface area contributed by atoms with E-state index in [1.54, 1.807) is 6.07 Å². The Balaban J connectivity index is 2.12. The highest BCUT2D eigenvalue weighted by atomic mass is 16.4. The van der Waals surface area contributed by atoms with Crippen molar-refractivity contribution in [3.05, 3.63) is 23.8 Å². The summed E-state index contributed by atoms with van der Waals surface area (Å²) in [6, 6.07) is 4.68. The lowest BCUT2D eigenvalue weighted by molar-refractivity contribution is -0.139. The van der Waals surface area contributed by atoms with E-state index in [4.69, 9.17) is 5.11 Å². The van der Waals surface area contributed by atoms with Crippen molar-refractivity contribution in [1.82, 2.24) is 4.90 Å². The number of aliphatic carboxylic acids is 1. The average molecular weight is 265 g/mol. The maximum absolute atomic E-state index is 11.0. The molecule has 104 valence electrons. The van der Waals surface area contributed by atoms with Crippen LogP contribution in [0.25, 0.3) is 0 Å². The summed E-state index contributed by atoms with van der Waals surface area (Å²) in [4.78, 5) is 12.8. The molecule has 0 unspecified atom stereocenters. The van der Waals surface area contributed by atoms with E-state index >= 15 is 0 Å². The van der Waals surface area contributed by atoms with Crippen LogP contribution in [0, 0.1) is 0 Å². The minimum atomic E-state index is -0.856. The molecule has 0 radical (unpaired) electrons. The fourth-order valence-corrected chi connectivity index (χ4v) is 2.66. The Bertz CT molecular complexity index is 455. The van der Waals surface area contributed by atoms with Crippen molar-refractivity contribution in [3.63, 3.8) is 0 Å². The Morgan fingerprint density at radius 3 is 2.53 bits per heavy atom. The summed E-state index contributed by atoms with van der Waals surface area (Å²) < 4.78 is 0. The lowest BCUT2D eigenvalue weighted by atomic mass is 10.1. The molecule has 0 heterocycles. The second-order valence-electron chi connectivity index (χ2n) is 5.05. The molecular weight excluding hydrogens is 246 g/mol. The molecule has 5 heteroatoms. The van der Waals surface area contributed by atoms with Crippen LogP contribution in [-0.4, -0.2) is 38.8 Å². The van der Waals surface area contributed by atoms with Gasteiger partial charge in [0.05, 0.1) is 6.54 Å². The molecule has 1 aliphatic rings. The minimum absolute atomic E-state index is 0.00639. The summed E-state index contributed by atoms with van der Waals surface area (Å²) in [6.07, 6.45) is 4.27. The van der Waals surface area contributed by atoms with E-state index in [0.717, 1.165) is 25.7 Å². The third kappa shape index (κ3) is 3.61. The summed E-state index contributed by atoms with van der Waals surface area (Å²) in [5, 5.41) is 28.0. The van der Waals surface area contributed by atoms with Crippen molar-refractivity contribution in [2.24, 2.45) is 0 Å². The Morgan fingerprint density at radius 2 is 1.95 bits per heavy atom. The molecule has 1 aliphatic carbocycles. The Morgan fingerprint density at radius 1 is 1.26 bits per heavy atom. The van der Waals surface area contributed by atoms with Crippen LogP contribution in [0.5, 0.6) is 11.5 Å². The number of hydrogen-bond donors (Lipinski definition) is 3. The summed E-state index contributed by atoms with van der Waals surface area (Å²) in [7, 11) is 0. The monoisotopic (exact) mass is 265 g/mol. The van der Waals surface area contributed by atoms with Crippen molar-refractivity contribution in [1.29, 1.82) is 0 Å². The third-order valence-corrected chi connectivity index (χ3v) is 3.62. The first-order valence-corrected chi connectivity index (χ1v) is 6.53. The highest BCUT2D eigenvalue weighted by Gasteiger charge is 2.25. The summed E-state index contributed by atoms with van der Waals surface area (Å²) in [5.41, 5.74) is 0.644. The Hall–Kier alpha value is -1.75. The van der Waals surface area contributed by atoms with Gasteiger partial charge in [0, 0.05) is 24.2 Å². The molecule has 1 fully saturated rings. The fourth-order valence-electron chi connectivity index (χ4n) is 2.66. The van der Waals surface area contributed by atoms with Crippen LogP contribution in [0.15, 0.2) is 18.2 Å². The van der Waals surface area contributed by atoms with Crippen LogP contribution in [0.4, 0.5) is 0 Å². The molecule has 0 amide bonds.